The van der Waals surface area contributed by atoms with Crippen LogP contribution in [0.5, 0.6) is 0 Å². The van der Waals surface area contributed by atoms with Crippen LogP contribution < -0.4 is 0 Å². The van der Waals surface area contributed by atoms with Gasteiger partial charge in [-0.3, -0.25) is 0 Å². The summed E-state index contributed by atoms with van der Waals surface area (Å²) in [5.41, 5.74) is 5.23. The van der Waals surface area contributed by atoms with Crippen molar-refractivity contribution in [1.29, 1.82) is 0 Å². The lowest BCUT2D eigenvalue weighted by atomic mass is 9.52. The van der Waals surface area contributed by atoms with Gasteiger partial charge in [-0.15, -0.1) is 0 Å². The number of rotatable bonds is 0. The number of aliphatic hydroxyl groups excluding tert-OH is 1. The Labute approximate surface area is 130 Å². The van der Waals surface area contributed by atoms with Crippen LogP contribution in [0.1, 0.15) is 72.6 Å². The molecule has 0 aromatic heterocycles. The SMILES string of the molecule is C=C1C2C[C@@H]3CCC(C)=C(CC[C@]2(C)CC[C@@H]1O)C3(C)C. The molecule has 1 N–H and O–H groups in total. The number of fused-ring (bicyclic) bond motifs is 3. The third kappa shape index (κ3) is 2.32. The number of hydrogen-bond donors (Lipinski definition) is 1. The van der Waals surface area contributed by atoms with E-state index in [1.165, 1.54) is 32.1 Å². The summed E-state index contributed by atoms with van der Waals surface area (Å²) in [6, 6.07) is 0. The molecule has 1 nitrogen and oxygen atoms in total. The van der Waals surface area contributed by atoms with Gasteiger partial charge in [0.05, 0.1) is 6.10 Å². The fourth-order valence-electron chi connectivity index (χ4n) is 5.58. The monoisotopic (exact) mass is 288 g/mol. The van der Waals surface area contributed by atoms with Crippen LogP contribution in [-0.2, 0) is 0 Å². The first kappa shape index (κ1) is 15.3. The van der Waals surface area contributed by atoms with E-state index in [1.807, 2.05) is 0 Å². The Kier molecular flexibility index (Phi) is 3.64. The Bertz CT molecular complexity index is 484. The van der Waals surface area contributed by atoms with Crippen molar-refractivity contribution in [2.75, 3.05) is 0 Å². The van der Waals surface area contributed by atoms with Crippen LogP contribution in [0.3, 0.4) is 0 Å². The Hall–Kier alpha value is -0.560. The summed E-state index contributed by atoms with van der Waals surface area (Å²) in [4.78, 5) is 0. The van der Waals surface area contributed by atoms with Crippen molar-refractivity contribution in [3.8, 4) is 0 Å². The summed E-state index contributed by atoms with van der Waals surface area (Å²) in [7, 11) is 0. The maximum atomic E-state index is 10.3. The standard InChI is InChI=1S/C20H32O/c1-13-6-7-15-12-17-14(2)18(21)9-11-20(17,5)10-8-16(13)19(15,3)4/h15,17-18,21H,2,6-12H2,1,3-5H3/t15-,17?,18-,20+/m0/s1. The van der Waals surface area contributed by atoms with Crippen LogP contribution >= 0.6 is 0 Å². The molecule has 2 saturated carbocycles. The van der Waals surface area contributed by atoms with E-state index in [4.69, 9.17) is 0 Å². The summed E-state index contributed by atoms with van der Waals surface area (Å²) in [5.74, 6) is 1.27. The summed E-state index contributed by atoms with van der Waals surface area (Å²) in [6.07, 6.45) is 8.18. The highest BCUT2D eigenvalue weighted by molar-refractivity contribution is 5.27. The van der Waals surface area contributed by atoms with Gasteiger partial charge in [-0.05, 0) is 80.1 Å². The summed E-state index contributed by atoms with van der Waals surface area (Å²) in [6.45, 7) is 14.0. The minimum absolute atomic E-state index is 0.258. The highest BCUT2D eigenvalue weighted by Gasteiger charge is 2.48. The molecule has 0 amide bonds. The number of allylic oxidation sites excluding steroid dienone is 2. The van der Waals surface area contributed by atoms with Crippen molar-refractivity contribution in [3.05, 3.63) is 23.3 Å². The topological polar surface area (TPSA) is 20.2 Å². The van der Waals surface area contributed by atoms with Crippen molar-refractivity contribution in [2.24, 2.45) is 22.7 Å². The van der Waals surface area contributed by atoms with Crippen LogP contribution in [0.2, 0.25) is 0 Å². The van der Waals surface area contributed by atoms with E-state index in [1.54, 1.807) is 11.1 Å². The van der Waals surface area contributed by atoms with E-state index in [9.17, 15) is 5.11 Å². The second-order valence-electron chi connectivity index (χ2n) is 8.79. The Morgan fingerprint density at radius 3 is 2.52 bits per heavy atom. The van der Waals surface area contributed by atoms with Gasteiger partial charge < -0.3 is 5.11 Å². The minimum atomic E-state index is -0.258. The lowest BCUT2D eigenvalue weighted by Gasteiger charge is -2.53. The molecule has 1 heteroatoms. The van der Waals surface area contributed by atoms with Crippen molar-refractivity contribution in [2.45, 2.75) is 78.7 Å². The fourth-order valence-corrected chi connectivity index (χ4v) is 5.58. The Morgan fingerprint density at radius 1 is 1.10 bits per heavy atom. The maximum absolute atomic E-state index is 10.3. The average Bonchev–Trinajstić information content (AvgIpc) is 2.40. The van der Waals surface area contributed by atoms with Crippen LogP contribution in [0.15, 0.2) is 23.3 Å². The average molecular weight is 288 g/mol. The zero-order valence-corrected chi connectivity index (χ0v) is 14.3. The van der Waals surface area contributed by atoms with Crippen molar-refractivity contribution < 1.29 is 5.11 Å². The van der Waals surface area contributed by atoms with Gasteiger partial charge in [0.2, 0.25) is 0 Å². The molecule has 0 aliphatic heterocycles. The van der Waals surface area contributed by atoms with E-state index in [-0.39, 0.29) is 6.10 Å². The molecule has 3 aliphatic rings. The molecule has 0 saturated heterocycles. The molecule has 0 spiro atoms. The van der Waals surface area contributed by atoms with Crippen molar-refractivity contribution in [1.82, 2.24) is 0 Å². The smallest absolute Gasteiger partial charge is 0.0750 e. The predicted octanol–water partition coefficient (Wildman–Crippen LogP) is 5.26. The minimum Gasteiger partial charge on any atom is -0.389 e. The second-order valence-corrected chi connectivity index (χ2v) is 8.79. The van der Waals surface area contributed by atoms with Gasteiger partial charge in [-0.1, -0.05) is 38.5 Å². The van der Waals surface area contributed by atoms with Crippen molar-refractivity contribution in [3.63, 3.8) is 0 Å². The molecule has 21 heavy (non-hydrogen) atoms. The molecule has 0 radical (unpaired) electrons. The second kappa shape index (κ2) is 4.98. The molecule has 0 aromatic rings. The summed E-state index contributed by atoms with van der Waals surface area (Å²) in [5, 5.41) is 10.3. The first-order valence-corrected chi connectivity index (χ1v) is 8.81. The van der Waals surface area contributed by atoms with Crippen LogP contribution in [0.25, 0.3) is 0 Å². The summed E-state index contributed by atoms with van der Waals surface area (Å²) >= 11 is 0. The van der Waals surface area contributed by atoms with Gasteiger partial charge in [-0.2, -0.15) is 0 Å². The molecular formula is C20H32O. The number of aliphatic hydroxyl groups is 1. The molecule has 3 aliphatic carbocycles. The molecule has 0 heterocycles. The zero-order valence-electron chi connectivity index (χ0n) is 14.3. The van der Waals surface area contributed by atoms with Crippen LogP contribution in [-0.4, -0.2) is 11.2 Å². The third-order valence-corrected chi connectivity index (χ3v) is 7.35. The van der Waals surface area contributed by atoms with E-state index in [0.29, 0.717) is 16.7 Å². The largest absolute Gasteiger partial charge is 0.389 e. The lowest BCUT2D eigenvalue weighted by Crippen LogP contribution is -2.44. The predicted molar refractivity (Wildman–Crippen MR) is 89.0 cm³/mol. The highest BCUT2D eigenvalue weighted by atomic mass is 16.3. The molecule has 0 aromatic carbocycles. The summed E-state index contributed by atoms with van der Waals surface area (Å²) < 4.78 is 0. The molecule has 118 valence electrons. The quantitative estimate of drug-likeness (QED) is 0.603. The lowest BCUT2D eigenvalue weighted by molar-refractivity contribution is 0.0289. The van der Waals surface area contributed by atoms with E-state index in [0.717, 1.165) is 24.3 Å². The highest BCUT2D eigenvalue weighted by Crippen LogP contribution is 2.58. The van der Waals surface area contributed by atoms with E-state index in [2.05, 4.69) is 34.3 Å². The third-order valence-electron chi connectivity index (χ3n) is 7.35. The molecule has 1 unspecified atom stereocenters. The fraction of sp³-hybridized carbons (Fsp3) is 0.800. The molecule has 2 bridgehead atoms. The molecule has 4 atom stereocenters. The number of hydrogen-bond acceptors (Lipinski definition) is 1. The zero-order chi connectivity index (χ0) is 15.4. The van der Waals surface area contributed by atoms with Gasteiger partial charge in [-0.25, -0.2) is 0 Å². The normalized spacial score (nSPS) is 43.1. The first-order chi connectivity index (χ1) is 9.75. The van der Waals surface area contributed by atoms with Gasteiger partial charge >= 0.3 is 0 Å². The Balaban J connectivity index is 1.99. The van der Waals surface area contributed by atoms with Gasteiger partial charge in [0, 0.05) is 0 Å². The van der Waals surface area contributed by atoms with Crippen LogP contribution in [0, 0.1) is 22.7 Å². The Morgan fingerprint density at radius 2 is 1.81 bits per heavy atom. The van der Waals surface area contributed by atoms with E-state index < -0.39 is 0 Å². The first-order valence-electron chi connectivity index (χ1n) is 8.81. The molecule has 2 fully saturated rings. The van der Waals surface area contributed by atoms with E-state index >= 15 is 0 Å². The van der Waals surface area contributed by atoms with Gasteiger partial charge in [0.1, 0.15) is 0 Å². The maximum Gasteiger partial charge on any atom is 0.0750 e. The van der Waals surface area contributed by atoms with Crippen molar-refractivity contribution >= 4 is 0 Å². The molecule has 3 rings (SSSR count). The van der Waals surface area contributed by atoms with Gasteiger partial charge in [0.15, 0.2) is 0 Å². The molecular weight excluding hydrogens is 256 g/mol. The van der Waals surface area contributed by atoms with Gasteiger partial charge in [0.25, 0.3) is 0 Å². The van der Waals surface area contributed by atoms with Crippen LogP contribution in [0.4, 0.5) is 0 Å².